The Morgan fingerprint density at radius 3 is 2.65 bits per heavy atom. The number of ether oxygens (including phenoxy) is 2. The lowest BCUT2D eigenvalue weighted by Crippen LogP contribution is -2.36. The van der Waals surface area contributed by atoms with Gasteiger partial charge in [-0.15, -0.1) is 5.10 Å². The van der Waals surface area contributed by atoms with Gasteiger partial charge in [0.1, 0.15) is 12.6 Å². The van der Waals surface area contributed by atoms with E-state index in [1.807, 2.05) is 60.1 Å². The molecule has 8 heteroatoms. The number of rotatable bonds is 9. The molecule has 0 amide bonds. The van der Waals surface area contributed by atoms with Gasteiger partial charge in [0.25, 0.3) is 0 Å². The van der Waals surface area contributed by atoms with Gasteiger partial charge in [-0.1, -0.05) is 68.9 Å². The number of carbonyl (C=O) groups is 1. The minimum atomic E-state index is -0.374. The van der Waals surface area contributed by atoms with Crippen LogP contribution < -0.4 is 14.8 Å². The van der Waals surface area contributed by atoms with Gasteiger partial charge in [0.15, 0.2) is 17.3 Å². The lowest BCUT2D eigenvalue weighted by atomic mass is 9.73. The van der Waals surface area contributed by atoms with E-state index in [0.717, 1.165) is 41.0 Å². The monoisotopic (exact) mass is 518 g/mol. The zero-order valence-corrected chi connectivity index (χ0v) is 22.7. The van der Waals surface area contributed by atoms with Crippen LogP contribution in [0.3, 0.4) is 0 Å². The summed E-state index contributed by atoms with van der Waals surface area (Å²) < 4.78 is 14.0. The van der Waals surface area contributed by atoms with Crippen LogP contribution >= 0.6 is 11.8 Å². The average Bonchev–Trinajstić information content (AvgIpc) is 3.28. The fourth-order valence-corrected chi connectivity index (χ4v) is 5.65. The average molecular weight is 519 g/mol. The normalized spacial score (nSPS) is 18.2. The van der Waals surface area contributed by atoms with E-state index >= 15 is 0 Å². The van der Waals surface area contributed by atoms with E-state index in [1.165, 1.54) is 0 Å². The van der Waals surface area contributed by atoms with E-state index in [-0.39, 0.29) is 17.2 Å². The van der Waals surface area contributed by atoms with Crippen LogP contribution in [0.15, 0.2) is 65.0 Å². The molecule has 1 aliphatic carbocycles. The van der Waals surface area contributed by atoms with E-state index in [9.17, 15) is 4.79 Å². The number of thioether (sulfide) groups is 1. The molecule has 2 aliphatic rings. The van der Waals surface area contributed by atoms with Gasteiger partial charge in [0.05, 0.1) is 6.61 Å². The fraction of sp³-hybridized carbons (Fsp3) is 0.414. The Hall–Kier alpha value is -3.26. The van der Waals surface area contributed by atoms with Crippen LogP contribution in [-0.2, 0) is 11.4 Å². The highest BCUT2D eigenvalue weighted by atomic mass is 32.2. The van der Waals surface area contributed by atoms with Crippen LogP contribution in [0.25, 0.3) is 0 Å². The SMILES string of the molecule is CCCSc1nc2n(n1)C(c1ccc(OCc3ccccc3)c(OCC)c1)C1=C(CC(C)(C)CC1=O)N2. The molecule has 0 bridgehead atoms. The molecule has 2 aromatic carbocycles. The second-order valence-corrected chi connectivity index (χ2v) is 11.3. The Balaban J connectivity index is 1.54. The predicted molar refractivity (Wildman–Crippen MR) is 146 cm³/mol. The van der Waals surface area contributed by atoms with E-state index in [1.54, 1.807) is 11.8 Å². The molecule has 1 unspecified atom stereocenters. The highest BCUT2D eigenvalue weighted by molar-refractivity contribution is 7.99. The molecule has 0 saturated heterocycles. The number of nitrogens with one attached hydrogen (secondary N) is 1. The molecule has 1 atom stereocenters. The highest BCUT2D eigenvalue weighted by Gasteiger charge is 2.42. The van der Waals surface area contributed by atoms with Gasteiger partial charge in [-0.2, -0.15) is 4.98 Å². The topological polar surface area (TPSA) is 78.3 Å². The number of allylic oxidation sites excluding steroid dienone is 2. The first kappa shape index (κ1) is 25.4. The number of hydrogen-bond donors (Lipinski definition) is 1. The molecule has 2 heterocycles. The molecule has 0 fully saturated rings. The van der Waals surface area contributed by atoms with Crippen molar-refractivity contribution in [1.29, 1.82) is 0 Å². The van der Waals surface area contributed by atoms with Crippen LogP contribution in [0.2, 0.25) is 0 Å². The van der Waals surface area contributed by atoms with Gasteiger partial charge < -0.3 is 14.8 Å². The van der Waals surface area contributed by atoms with E-state index in [4.69, 9.17) is 19.6 Å². The summed E-state index contributed by atoms with van der Waals surface area (Å²) in [6, 6.07) is 15.6. The second-order valence-electron chi connectivity index (χ2n) is 10.3. The van der Waals surface area contributed by atoms with Gasteiger partial charge in [0.2, 0.25) is 11.1 Å². The van der Waals surface area contributed by atoms with E-state index < -0.39 is 0 Å². The summed E-state index contributed by atoms with van der Waals surface area (Å²) in [5.41, 5.74) is 3.61. The number of carbonyl (C=O) groups excluding carboxylic acids is 1. The summed E-state index contributed by atoms with van der Waals surface area (Å²) in [6.07, 6.45) is 2.32. The first-order valence-corrected chi connectivity index (χ1v) is 13.9. The van der Waals surface area contributed by atoms with E-state index in [0.29, 0.717) is 42.2 Å². The largest absolute Gasteiger partial charge is 0.490 e. The number of aromatic nitrogens is 3. The Bertz CT molecular complexity index is 1320. The standard InChI is InChI=1S/C29H34N4O3S/c1-5-14-37-28-31-27-30-21-16-29(3,4)17-22(34)25(21)26(33(27)32-28)20-12-13-23(24(15-20)35-6-2)36-18-19-10-8-7-9-11-19/h7-13,15,26H,5-6,14,16-18H2,1-4H3,(H,30,31,32). The number of Topliss-reactive ketones (excluding diaryl/α,β-unsaturated/α-hetero) is 1. The molecule has 37 heavy (non-hydrogen) atoms. The minimum absolute atomic E-state index is 0.110. The second kappa shape index (κ2) is 10.6. The highest BCUT2D eigenvalue weighted by Crippen LogP contribution is 2.46. The third-order valence-electron chi connectivity index (χ3n) is 6.57. The van der Waals surface area contributed by atoms with Gasteiger partial charge in [-0.25, -0.2) is 4.68 Å². The summed E-state index contributed by atoms with van der Waals surface area (Å²) in [6.45, 7) is 9.32. The summed E-state index contributed by atoms with van der Waals surface area (Å²) in [7, 11) is 0. The Morgan fingerprint density at radius 2 is 1.89 bits per heavy atom. The first-order valence-electron chi connectivity index (χ1n) is 12.9. The summed E-state index contributed by atoms with van der Waals surface area (Å²) >= 11 is 1.63. The molecule has 1 N–H and O–H groups in total. The Kier molecular flexibility index (Phi) is 7.29. The van der Waals surface area contributed by atoms with Crippen LogP contribution in [0.1, 0.15) is 64.1 Å². The van der Waals surface area contributed by atoms with E-state index in [2.05, 4.69) is 26.1 Å². The Morgan fingerprint density at radius 1 is 1.08 bits per heavy atom. The number of benzene rings is 2. The smallest absolute Gasteiger partial charge is 0.227 e. The van der Waals surface area contributed by atoms with Crippen molar-refractivity contribution in [3.63, 3.8) is 0 Å². The predicted octanol–water partition coefficient (Wildman–Crippen LogP) is 6.42. The molecular weight excluding hydrogens is 484 g/mol. The van der Waals surface area contributed by atoms with Crippen molar-refractivity contribution in [3.05, 3.63) is 70.9 Å². The Labute approximate surface area is 222 Å². The first-order chi connectivity index (χ1) is 17.9. The third kappa shape index (κ3) is 5.39. The third-order valence-corrected chi connectivity index (χ3v) is 7.61. The number of hydrogen-bond acceptors (Lipinski definition) is 7. The van der Waals surface area contributed by atoms with Crippen LogP contribution in [-0.4, -0.2) is 32.9 Å². The number of nitrogens with zero attached hydrogens (tertiary/aromatic N) is 3. The van der Waals surface area contributed by atoms with Crippen LogP contribution in [0.5, 0.6) is 11.5 Å². The minimum Gasteiger partial charge on any atom is -0.490 e. The van der Waals surface area contributed by atoms with Crippen molar-refractivity contribution in [2.24, 2.45) is 5.41 Å². The molecular formula is C29H34N4O3S. The van der Waals surface area contributed by atoms with Crippen molar-refractivity contribution >= 4 is 23.5 Å². The number of anilines is 1. The lowest BCUT2D eigenvalue weighted by Gasteiger charge is -2.38. The van der Waals surface area contributed by atoms with Crippen molar-refractivity contribution in [2.45, 2.75) is 64.8 Å². The summed E-state index contributed by atoms with van der Waals surface area (Å²) in [5, 5.41) is 9.00. The molecule has 194 valence electrons. The number of ketones is 1. The van der Waals surface area contributed by atoms with Crippen LogP contribution in [0.4, 0.5) is 5.95 Å². The maximum atomic E-state index is 13.5. The maximum absolute atomic E-state index is 13.5. The van der Waals surface area contributed by atoms with Crippen molar-refractivity contribution < 1.29 is 14.3 Å². The molecule has 1 aliphatic heterocycles. The number of fused-ring (bicyclic) bond motifs is 1. The molecule has 5 rings (SSSR count). The van der Waals surface area contributed by atoms with Crippen molar-refractivity contribution in [2.75, 3.05) is 17.7 Å². The fourth-order valence-electron chi connectivity index (χ4n) is 4.97. The zero-order chi connectivity index (χ0) is 26.0. The van der Waals surface area contributed by atoms with Crippen LogP contribution in [0, 0.1) is 5.41 Å². The molecule has 0 spiro atoms. The van der Waals surface area contributed by atoms with Gasteiger partial charge in [-0.3, -0.25) is 4.79 Å². The lowest BCUT2D eigenvalue weighted by molar-refractivity contribution is -0.118. The molecule has 3 aromatic rings. The summed E-state index contributed by atoms with van der Waals surface area (Å²) in [4.78, 5) is 18.3. The molecule has 0 radical (unpaired) electrons. The van der Waals surface area contributed by atoms with Crippen molar-refractivity contribution in [3.8, 4) is 11.5 Å². The molecule has 7 nitrogen and oxygen atoms in total. The van der Waals surface area contributed by atoms with Gasteiger partial charge in [-0.05, 0) is 48.4 Å². The van der Waals surface area contributed by atoms with Gasteiger partial charge >= 0.3 is 0 Å². The van der Waals surface area contributed by atoms with Crippen molar-refractivity contribution in [1.82, 2.24) is 14.8 Å². The maximum Gasteiger partial charge on any atom is 0.227 e. The molecule has 0 saturated carbocycles. The quantitative estimate of drug-likeness (QED) is 0.328. The molecule has 1 aromatic heterocycles. The van der Waals surface area contributed by atoms with Gasteiger partial charge in [0, 0.05) is 23.4 Å². The summed E-state index contributed by atoms with van der Waals surface area (Å²) in [5.74, 6) is 3.09. The zero-order valence-electron chi connectivity index (χ0n) is 21.9.